The van der Waals surface area contributed by atoms with E-state index in [9.17, 15) is 19.2 Å². The Bertz CT molecular complexity index is 745. The van der Waals surface area contributed by atoms with Crippen LogP contribution in [0.5, 0.6) is 0 Å². The lowest BCUT2D eigenvalue weighted by Crippen LogP contribution is -2.35. The lowest BCUT2D eigenvalue weighted by molar-refractivity contribution is -0.147. The topological polar surface area (TPSA) is 91.7 Å². The lowest BCUT2D eigenvalue weighted by atomic mass is 9.88. The smallest absolute Gasteiger partial charge is 0.340 e. The summed E-state index contributed by atoms with van der Waals surface area (Å²) in [5.41, 5.74) is 0.217. The second-order valence-electron chi connectivity index (χ2n) is 5.07. The molecule has 3 rings (SSSR count). The molecule has 0 saturated heterocycles. The van der Waals surface area contributed by atoms with Crippen LogP contribution in [0.15, 0.2) is 4.79 Å². The van der Waals surface area contributed by atoms with Gasteiger partial charge in [0.2, 0.25) is 0 Å². The SMILES string of the molecule is COC(=O)c1c2c(c(=O)n3c1C(=O)CC3)COC(=O)C2C. The number of ketones is 1. The van der Waals surface area contributed by atoms with E-state index >= 15 is 0 Å². The van der Waals surface area contributed by atoms with E-state index in [2.05, 4.69) is 0 Å². The van der Waals surface area contributed by atoms with E-state index in [1.54, 1.807) is 6.92 Å². The molecule has 110 valence electrons. The molecule has 2 aliphatic heterocycles. The van der Waals surface area contributed by atoms with Gasteiger partial charge in [-0.15, -0.1) is 0 Å². The first-order chi connectivity index (χ1) is 9.97. The van der Waals surface area contributed by atoms with Gasteiger partial charge in [0.25, 0.3) is 5.56 Å². The van der Waals surface area contributed by atoms with E-state index in [4.69, 9.17) is 9.47 Å². The fourth-order valence-corrected chi connectivity index (χ4v) is 2.94. The van der Waals surface area contributed by atoms with Gasteiger partial charge in [-0.2, -0.15) is 0 Å². The zero-order chi connectivity index (χ0) is 15.3. The summed E-state index contributed by atoms with van der Waals surface area (Å²) in [6.07, 6.45) is 0.158. The van der Waals surface area contributed by atoms with Crippen molar-refractivity contribution in [2.45, 2.75) is 32.4 Å². The van der Waals surface area contributed by atoms with Gasteiger partial charge in [0.1, 0.15) is 12.3 Å². The normalized spacial score (nSPS) is 19.8. The molecule has 3 heterocycles. The van der Waals surface area contributed by atoms with Crippen LogP contribution < -0.4 is 5.56 Å². The third-order valence-electron chi connectivity index (χ3n) is 3.97. The number of nitrogens with zero attached hydrogens (tertiary/aromatic N) is 1. The number of cyclic esters (lactones) is 1. The molecule has 1 aromatic heterocycles. The summed E-state index contributed by atoms with van der Waals surface area (Å²) in [5, 5.41) is 0. The molecular formula is C14H13NO6. The molecule has 2 aliphatic rings. The number of carbonyl (C=O) groups is 3. The van der Waals surface area contributed by atoms with Crippen LogP contribution in [0.4, 0.5) is 0 Å². The van der Waals surface area contributed by atoms with Gasteiger partial charge >= 0.3 is 11.9 Å². The maximum absolute atomic E-state index is 12.4. The van der Waals surface area contributed by atoms with Crippen molar-refractivity contribution in [3.8, 4) is 0 Å². The zero-order valence-corrected chi connectivity index (χ0v) is 11.6. The van der Waals surface area contributed by atoms with E-state index in [0.717, 1.165) is 0 Å². The van der Waals surface area contributed by atoms with Crippen molar-refractivity contribution in [1.82, 2.24) is 4.57 Å². The van der Waals surface area contributed by atoms with Gasteiger partial charge in [-0.05, 0) is 12.5 Å². The molecule has 0 radical (unpaired) electrons. The highest BCUT2D eigenvalue weighted by Crippen LogP contribution is 2.33. The van der Waals surface area contributed by atoms with Crippen LogP contribution in [0.25, 0.3) is 0 Å². The summed E-state index contributed by atoms with van der Waals surface area (Å²) in [6, 6.07) is 0. The van der Waals surface area contributed by atoms with E-state index < -0.39 is 17.9 Å². The number of pyridine rings is 1. The highest BCUT2D eigenvalue weighted by Gasteiger charge is 2.39. The monoisotopic (exact) mass is 291 g/mol. The van der Waals surface area contributed by atoms with Crippen LogP contribution in [0.3, 0.4) is 0 Å². The summed E-state index contributed by atoms with van der Waals surface area (Å²) in [4.78, 5) is 48.3. The molecule has 0 aliphatic carbocycles. The molecule has 0 amide bonds. The molecule has 1 atom stereocenters. The molecule has 7 nitrogen and oxygen atoms in total. The molecule has 0 fully saturated rings. The minimum atomic E-state index is -0.783. The molecule has 0 saturated carbocycles. The Labute approximate surface area is 119 Å². The number of hydrogen-bond acceptors (Lipinski definition) is 6. The summed E-state index contributed by atoms with van der Waals surface area (Å²) in [6.45, 7) is 1.59. The Morgan fingerprint density at radius 3 is 2.71 bits per heavy atom. The molecule has 0 spiro atoms. The van der Waals surface area contributed by atoms with Gasteiger partial charge in [0.05, 0.1) is 24.2 Å². The molecule has 1 aromatic rings. The summed E-state index contributed by atoms with van der Waals surface area (Å²) >= 11 is 0. The van der Waals surface area contributed by atoms with E-state index in [0.29, 0.717) is 0 Å². The largest absolute Gasteiger partial charge is 0.465 e. The Kier molecular flexibility index (Phi) is 2.93. The summed E-state index contributed by atoms with van der Waals surface area (Å²) < 4.78 is 11.0. The standard InChI is InChI=1S/C14H13NO6/c1-6-9-7(5-21-13(6)18)12(17)15-4-3-8(16)11(15)10(9)14(19)20-2/h6H,3-5H2,1-2H3. The Morgan fingerprint density at radius 2 is 2.05 bits per heavy atom. The highest BCUT2D eigenvalue weighted by molar-refractivity contribution is 6.08. The predicted octanol–water partition coefficient (Wildman–Crippen LogP) is 0.382. The molecule has 7 heteroatoms. The van der Waals surface area contributed by atoms with Gasteiger partial charge in [0.15, 0.2) is 5.78 Å². The van der Waals surface area contributed by atoms with Crippen molar-refractivity contribution in [3.63, 3.8) is 0 Å². The van der Waals surface area contributed by atoms with E-state index in [1.807, 2.05) is 0 Å². The van der Waals surface area contributed by atoms with E-state index in [1.165, 1.54) is 11.7 Å². The summed E-state index contributed by atoms with van der Waals surface area (Å²) in [7, 11) is 1.20. The van der Waals surface area contributed by atoms with Gasteiger partial charge < -0.3 is 14.0 Å². The number of methoxy groups -OCH3 is 1. The van der Waals surface area contributed by atoms with Crippen molar-refractivity contribution in [2.24, 2.45) is 0 Å². The van der Waals surface area contributed by atoms with Crippen LogP contribution in [0.1, 0.15) is 51.2 Å². The molecule has 1 unspecified atom stereocenters. The number of fused-ring (bicyclic) bond motifs is 2. The Hall–Kier alpha value is -2.44. The number of Topliss-reactive ketones (excluding diaryl/α,β-unsaturated/α-hetero) is 1. The number of ether oxygens (including phenoxy) is 2. The van der Waals surface area contributed by atoms with Crippen molar-refractivity contribution in [1.29, 1.82) is 0 Å². The number of hydrogen-bond donors (Lipinski definition) is 0. The molecule has 21 heavy (non-hydrogen) atoms. The molecule has 0 N–H and O–H groups in total. The number of rotatable bonds is 1. The van der Waals surface area contributed by atoms with Gasteiger partial charge in [0, 0.05) is 13.0 Å². The first-order valence-corrected chi connectivity index (χ1v) is 6.55. The average Bonchev–Trinajstić information content (AvgIpc) is 2.85. The van der Waals surface area contributed by atoms with E-state index in [-0.39, 0.29) is 53.3 Å². The minimum absolute atomic E-state index is 0.0266. The number of aromatic nitrogens is 1. The maximum Gasteiger partial charge on any atom is 0.340 e. The molecular weight excluding hydrogens is 278 g/mol. The predicted molar refractivity (Wildman–Crippen MR) is 69.2 cm³/mol. The fraction of sp³-hybridized carbons (Fsp3) is 0.429. The van der Waals surface area contributed by atoms with Crippen LogP contribution in [0.2, 0.25) is 0 Å². The Balaban J connectivity index is 2.43. The number of carbonyl (C=O) groups excluding carboxylic acids is 3. The average molecular weight is 291 g/mol. The number of esters is 2. The summed E-state index contributed by atoms with van der Waals surface area (Å²) in [5.74, 6) is -2.31. The fourth-order valence-electron chi connectivity index (χ4n) is 2.94. The van der Waals surface area contributed by atoms with Crippen LogP contribution >= 0.6 is 0 Å². The van der Waals surface area contributed by atoms with Crippen molar-refractivity contribution >= 4 is 17.7 Å². The second-order valence-corrected chi connectivity index (χ2v) is 5.07. The zero-order valence-electron chi connectivity index (χ0n) is 11.6. The first kappa shape index (κ1) is 13.5. The third kappa shape index (κ3) is 1.73. The Morgan fingerprint density at radius 1 is 1.33 bits per heavy atom. The minimum Gasteiger partial charge on any atom is -0.465 e. The first-order valence-electron chi connectivity index (χ1n) is 6.55. The van der Waals surface area contributed by atoms with Gasteiger partial charge in [-0.3, -0.25) is 14.4 Å². The second kappa shape index (κ2) is 4.54. The quantitative estimate of drug-likeness (QED) is 0.695. The van der Waals surface area contributed by atoms with Gasteiger partial charge in [-0.25, -0.2) is 4.79 Å². The lowest BCUT2D eigenvalue weighted by Gasteiger charge is -2.25. The molecule has 0 aromatic carbocycles. The third-order valence-corrected chi connectivity index (χ3v) is 3.97. The van der Waals surface area contributed by atoms with Crippen molar-refractivity contribution < 1.29 is 23.9 Å². The van der Waals surface area contributed by atoms with Crippen LogP contribution in [-0.4, -0.2) is 29.4 Å². The molecule has 0 bridgehead atoms. The van der Waals surface area contributed by atoms with Gasteiger partial charge in [-0.1, -0.05) is 0 Å². The van der Waals surface area contributed by atoms with Crippen molar-refractivity contribution in [2.75, 3.05) is 7.11 Å². The van der Waals surface area contributed by atoms with Crippen molar-refractivity contribution in [3.05, 3.63) is 32.7 Å². The van der Waals surface area contributed by atoms with Crippen LogP contribution in [-0.2, 0) is 27.4 Å². The van der Waals surface area contributed by atoms with Crippen LogP contribution in [0, 0.1) is 0 Å². The highest BCUT2D eigenvalue weighted by atomic mass is 16.5. The maximum atomic E-state index is 12.4.